The first-order valence-corrected chi connectivity index (χ1v) is 11.0. The standard InChI is InChI=1S/C27H22N4O3/c1-29-24-21(26(33)30(2)27(29)34)23(16-10-4-3-5-11-16)31-19-14-8-7-13-18(19)28-22(25(24)31)17-12-6-9-15-20(17)32/h3-15,22,28,32H,1-2H3. The maximum atomic E-state index is 13.6. The van der Waals surface area contributed by atoms with E-state index in [-0.39, 0.29) is 11.3 Å². The van der Waals surface area contributed by atoms with Gasteiger partial charge in [0.2, 0.25) is 0 Å². The number of nitrogens with zero attached hydrogens (tertiary/aromatic N) is 3. The Hall–Kier alpha value is -4.52. The second kappa shape index (κ2) is 7.25. The number of para-hydroxylation sites is 3. The number of anilines is 1. The van der Waals surface area contributed by atoms with Crippen molar-refractivity contribution in [1.82, 2.24) is 13.7 Å². The van der Waals surface area contributed by atoms with Crippen molar-refractivity contribution in [3.8, 4) is 22.7 Å². The quantitative estimate of drug-likeness (QED) is 0.427. The molecule has 3 aromatic carbocycles. The van der Waals surface area contributed by atoms with E-state index in [2.05, 4.69) is 9.88 Å². The van der Waals surface area contributed by atoms with Gasteiger partial charge >= 0.3 is 5.69 Å². The lowest BCUT2D eigenvalue weighted by molar-refractivity contribution is 0.465. The third-order valence-electron chi connectivity index (χ3n) is 6.62. The van der Waals surface area contributed by atoms with Crippen LogP contribution in [0.1, 0.15) is 17.3 Å². The summed E-state index contributed by atoms with van der Waals surface area (Å²) in [5, 5.41) is 14.8. The molecule has 0 bridgehead atoms. The zero-order valence-corrected chi connectivity index (χ0v) is 18.7. The van der Waals surface area contributed by atoms with Gasteiger partial charge in [0.15, 0.2) is 0 Å². The SMILES string of the molecule is Cn1c(=O)c2c(-c3ccccc3)n3c(c2n(C)c1=O)C(c1ccccc1O)Nc1ccccc1-3. The molecule has 6 rings (SSSR count). The van der Waals surface area contributed by atoms with Crippen molar-refractivity contribution in [3.05, 3.63) is 111 Å². The molecule has 0 amide bonds. The normalized spacial score (nSPS) is 14.5. The summed E-state index contributed by atoms with van der Waals surface area (Å²) >= 11 is 0. The van der Waals surface area contributed by atoms with Gasteiger partial charge in [0.1, 0.15) is 5.75 Å². The molecule has 1 aliphatic heterocycles. The molecule has 0 aliphatic carbocycles. The second-order valence-electron chi connectivity index (χ2n) is 8.52. The van der Waals surface area contributed by atoms with Gasteiger partial charge < -0.3 is 15.0 Å². The molecule has 34 heavy (non-hydrogen) atoms. The Labute approximate surface area is 194 Å². The van der Waals surface area contributed by atoms with E-state index in [1.54, 1.807) is 19.2 Å². The summed E-state index contributed by atoms with van der Waals surface area (Å²) in [7, 11) is 3.18. The van der Waals surface area contributed by atoms with Crippen LogP contribution in [-0.2, 0) is 14.1 Å². The van der Waals surface area contributed by atoms with Crippen molar-refractivity contribution in [2.45, 2.75) is 6.04 Å². The zero-order valence-electron chi connectivity index (χ0n) is 18.7. The van der Waals surface area contributed by atoms with Crippen molar-refractivity contribution in [1.29, 1.82) is 0 Å². The minimum atomic E-state index is -0.492. The van der Waals surface area contributed by atoms with E-state index in [9.17, 15) is 14.7 Å². The first kappa shape index (κ1) is 20.1. The smallest absolute Gasteiger partial charge is 0.331 e. The number of rotatable bonds is 2. The molecule has 3 heterocycles. The van der Waals surface area contributed by atoms with Crippen LogP contribution in [0.15, 0.2) is 88.5 Å². The summed E-state index contributed by atoms with van der Waals surface area (Å²) in [6, 6.07) is 24.2. The van der Waals surface area contributed by atoms with Crippen LogP contribution in [0, 0.1) is 0 Å². The number of aryl methyl sites for hydroxylation is 1. The number of phenols is 1. The molecule has 7 nitrogen and oxygen atoms in total. The fourth-order valence-electron chi connectivity index (χ4n) is 5.05. The molecule has 0 fully saturated rings. The fraction of sp³-hybridized carbons (Fsp3) is 0.111. The van der Waals surface area contributed by atoms with Crippen LogP contribution in [0.25, 0.3) is 27.8 Å². The van der Waals surface area contributed by atoms with Crippen LogP contribution in [0.4, 0.5) is 5.69 Å². The molecule has 7 heteroatoms. The Morgan fingerprint density at radius 3 is 2.26 bits per heavy atom. The van der Waals surface area contributed by atoms with Crippen LogP contribution >= 0.6 is 0 Å². The van der Waals surface area contributed by atoms with Gasteiger partial charge in [-0.05, 0) is 23.8 Å². The van der Waals surface area contributed by atoms with Crippen molar-refractivity contribution >= 4 is 16.6 Å². The lowest BCUT2D eigenvalue weighted by Crippen LogP contribution is -2.37. The molecule has 2 aromatic heterocycles. The highest BCUT2D eigenvalue weighted by molar-refractivity contribution is 5.99. The van der Waals surface area contributed by atoms with Crippen molar-refractivity contribution < 1.29 is 5.11 Å². The first-order chi connectivity index (χ1) is 16.5. The Balaban J connectivity index is 1.89. The predicted octanol–water partition coefficient (Wildman–Crippen LogP) is 3.92. The molecule has 0 saturated heterocycles. The van der Waals surface area contributed by atoms with Crippen molar-refractivity contribution in [2.75, 3.05) is 5.32 Å². The molecular formula is C27H22N4O3. The summed E-state index contributed by atoms with van der Waals surface area (Å²) in [4.78, 5) is 26.6. The Morgan fingerprint density at radius 2 is 1.50 bits per heavy atom. The number of nitrogens with one attached hydrogen (secondary N) is 1. The van der Waals surface area contributed by atoms with Crippen LogP contribution in [0.2, 0.25) is 0 Å². The summed E-state index contributed by atoms with van der Waals surface area (Å²) < 4.78 is 4.73. The summed E-state index contributed by atoms with van der Waals surface area (Å²) in [6.07, 6.45) is 0. The maximum absolute atomic E-state index is 13.6. The number of hydrogen-bond acceptors (Lipinski definition) is 4. The number of aromatic nitrogens is 3. The van der Waals surface area contributed by atoms with Crippen LogP contribution < -0.4 is 16.6 Å². The van der Waals surface area contributed by atoms with E-state index >= 15 is 0 Å². The molecule has 168 valence electrons. The van der Waals surface area contributed by atoms with E-state index in [0.29, 0.717) is 16.5 Å². The molecule has 0 spiro atoms. The third-order valence-corrected chi connectivity index (χ3v) is 6.62. The van der Waals surface area contributed by atoms with Gasteiger partial charge in [-0.15, -0.1) is 0 Å². The second-order valence-corrected chi connectivity index (χ2v) is 8.52. The predicted molar refractivity (Wildman–Crippen MR) is 133 cm³/mol. The van der Waals surface area contributed by atoms with Crippen molar-refractivity contribution in [2.24, 2.45) is 14.1 Å². The maximum Gasteiger partial charge on any atom is 0.331 e. The minimum Gasteiger partial charge on any atom is -0.508 e. The van der Waals surface area contributed by atoms with Crippen LogP contribution in [0.3, 0.4) is 0 Å². The lowest BCUT2D eigenvalue weighted by Gasteiger charge is -2.31. The number of aromatic hydroxyl groups is 1. The van der Waals surface area contributed by atoms with Gasteiger partial charge in [0.25, 0.3) is 5.56 Å². The number of phenolic OH excluding ortho intramolecular Hbond substituents is 1. The van der Waals surface area contributed by atoms with E-state index in [1.807, 2.05) is 66.7 Å². The van der Waals surface area contributed by atoms with E-state index in [4.69, 9.17) is 0 Å². The van der Waals surface area contributed by atoms with E-state index in [0.717, 1.165) is 32.9 Å². The Morgan fingerprint density at radius 1 is 0.824 bits per heavy atom. The summed E-state index contributed by atoms with van der Waals surface area (Å²) in [5.41, 5.74) is 4.49. The lowest BCUT2D eigenvalue weighted by atomic mass is 9.98. The fourth-order valence-corrected chi connectivity index (χ4v) is 5.05. The third kappa shape index (κ3) is 2.64. The summed E-state index contributed by atoms with van der Waals surface area (Å²) in [6.45, 7) is 0. The van der Waals surface area contributed by atoms with Gasteiger partial charge in [-0.2, -0.15) is 0 Å². The highest BCUT2D eigenvalue weighted by Gasteiger charge is 2.35. The van der Waals surface area contributed by atoms with Gasteiger partial charge in [0, 0.05) is 19.7 Å². The molecular weight excluding hydrogens is 428 g/mol. The highest BCUT2D eigenvalue weighted by Crippen LogP contribution is 2.46. The van der Waals surface area contributed by atoms with Gasteiger partial charge in [-0.25, -0.2) is 4.79 Å². The zero-order chi connectivity index (χ0) is 23.6. The Bertz CT molecular complexity index is 1710. The highest BCUT2D eigenvalue weighted by atomic mass is 16.3. The Kier molecular flexibility index (Phi) is 4.29. The van der Waals surface area contributed by atoms with E-state index < -0.39 is 11.7 Å². The molecule has 1 atom stereocenters. The van der Waals surface area contributed by atoms with Gasteiger partial charge in [-0.3, -0.25) is 13.9 Å². The molecule has 2 N–H and O–H groups in total. The number of hydrogen-bond donors (Lipinski definition) is 2. The van der Waals surface area contributed by atoms with Gasteiger partial charge in [0.05, 0.1) is 39.7 Å². The van der Waals surface area contributed by atoms with Crippen molar-refractivity contribution in [3.63, 3.8) is 0 Å². The molecule has 0 saturated carbocycles. The van der Waals surface area contributed by atoms with Crippen LogP contribution in [0.5, 0.6) is 5.75 Å². The minimum absolute atomic E-state index is 0.135. The van der Waals surface area contributed by atoms with E-state index in [1.165, 1.54) is 11.6 Å². The topological polar surface area (TPSA) is 81.2 Å². The number of fused-ring (bicyclic) bond motifs is 5. The molecule has 0 radical (unpaired) electrons. The largest absolute Gasteiger partial charge is 0.508 e. The molecule has 5 aromatic rings. The number of benzene rings is 3. The first-order valence-electron chi connectivity index (χ1n) is 11.0. The van der Waals surface area contributed by atoms with Gasteiger partial charge in [-0.1, -0.05) is 60.7 Å². The molecule has 1 aliphatic rings. The monoisotopic (exact) mass is 450 g/mol. The summed E-state index contributed by atoms with van der Waals surface area (Å²) in [5.74, 6) is 0.135. The average Bonchev–Trinajstić information content (AvgIpc) is 3.23. The van der Waals surface area contributed by atoms with Crippen LogP contribution in [-0.4, -0.2) is 18.8 Å². The average molecular weight is 450 g/mol. The molecule has 1 unspecified atom stereocenters.